The van der Waals surface area contributed by atoms with Gasteiger partial charge in [-0.05, 0) is 45.9 Å². The van der Waals surface area contributed by atoms with E-state index in [0.717, 1.165) is 0 Å². The van der Waals surface area contributed by atoms with E-state index in [2.05, 4.69) is 45.7 Å². The standard InChI is InChI=1S/C14H26N2S/c1-6-7-10(2)16(5)14(9-15)13-8-11(3)17-12(13)4/h8,10,14H,6-7,9,15H2,1-5H3. The van der Waals surface area contributed by atoms with Crippen molar-refractivity contribution in [2.24, 2.45) is 5.73 Å². The predicted molar refractivity (Wildman–Crippen MR) is 77.7 cm³/mol. The number of hydrogen-bond acceptors (Lipinski definition) is 3. The molecule has 3 heteroatoms. The van der Waals surface area contributed by atoms with Gasteiger partial charge in [-0.1, -0.05) is 13.3 Å². The lowest BCUT2D eigenvalue weighted by Crippen LogP contribution is -2.37. The van der Waals surface area contributed by atoms with E-state index in [1.54, 1.807) is 0 Å². The number of rotatable bonds is 6. The molecule has 0 bridgehead atoms. The minimum Gasteiger partial charge on any atom is -0.329 e. The van der Waals surface area contributed by atoms with Gasteiger partial charge >= 0.3 is 0 Å². The molecule has 0 aliphatic carbocycles. The fourth-order valence-electron chi connectivity index (χ4n) is 2.42. The van der Waals surface area contributed by atoms with Gasteiger partial charge in [0.1, 0.15) is 0 Å². The molecule has 1 aromatic heterocycles. The molecule has 2 nitrogen and oxygen atoms in total. The fraction of sp³-hybridized carbons (Fsp3) is 0.714. The minimum atomic E-state index is 0.362. The van der Waals surface area contributed by atoms with Crippen LogP contribution in [0.4, 0.5) is 0 Å². The Bertz CT molecular complexity index is 346. The number of aryl methyl sites for hydroxylation is 2. The number of likely N-dealkylation sites (N-methyl/N-ethyl adjacent to an activating group) is 1. The zero-order valence-electron chi connectivity index (χ0n) is 11.8. The quantitative estimate of drug-likeness (QED) is 0.842. The second kappa shape index (κ2) is 6.53. The molecule has 0 aliphatic rings. The van der Waals surface area contributed by atoms with Crippen LogP contribution in [0.25, 0.3) is 0 Å². The SMILES string of the molecule is CCCC(C)N(C)C(CN)c1cc(C)sc1C. The van der Waals surface area contributed by atoms with Gasteiger partial charge in [-0.3, -0.25) is 4.90 Å². The number of nitrogens with zero attached hydrogens (tertiary/aromatic N) is 1. The summed E-state index contributed by atoms with van der Waals surface area (Å²) >= 11 is 1.87. The van der Waals surface area contributed by atoms with Gasteiger partial charge in [-0.15, -0.1) is 11.3 Å². The van der Waals surface area contributed by atoms with Crippen LogP contribution in [-0.2, 0) is 0 Å². The third-order valence-electron chi connectivity index (χ3n) is 3.55. The summed E-state index contributed by atoms with van der Waals surface area (Å²) in [6.45, 7) is 9.60. The lowest BCUT2D eigenvalue weighted by atomic mass is 10.0. The third-order valence-corrected chi connectivity index (χ3v) is 4.54. The molecular weight excluding hydrogens is 228 g/mol. The Morgan fingerprint density at radius 1 is 1.41 bits per heavy atom. The van der Waals surface area contributed by atoms with E-state index in [-0.39, 0.29) is 0 Å². The van der Waals surface area contributed by atoms with Gasteiger partial charge < -0.3 is 5.73 Å². The average Bonchev–Trinajstić information content (AvgIpc) is 2.59. The maximum Gasteiger partial charge on any atom is 0.0481 e. The summed E-state index contributed by atoms with van der Waals surface area (Å²) in [5.74, 6) is 0. The van der Waals surface area contributed by atoms with Gasteiger partial charge in [0.2, 0.25) is 0 Å². The first-order valence-corrected chi connectivity index (χ1v) is 7.31. The van der Waals surface area contributed by atoms with Crippen molar-refractivity contribution >= 4 is 11.3 Å². The van der Waals surface area contributed by atoms with Crippen LogP contribution in [0.2, 0.25) is 0 Å². The molecule has 1 aromatic rings. The summed E-state index contributed by atoms with van der Waals surface area (Å²) in [6.07, 6.45) is 2.46. The van der Waals surface area contributed by atoms with Crippen molar-refractivity contribution < 1.29 is 0 Å². The van der Waals surface area contributed by atoms with Gasteiger partial charge in [0.15, 0.2) is 0 Å². The van der Waals surface area contributed by atoms with Crippen molar-refractivity contribution in [3.8, 4) is 0 Å². The number of thiophene rings is 1. The first-order chi connectivity index (χ1) is 8.01. The highest BCUT2D eigenvalue weighted by molar-refractivity contribution is 7.12. The molecule has 2 N–H and O–H groups in total. The summed E-state index contributed by atoms with van der Waals surface area (Å²) in [7, 11) is 2.20. The maximum atomic E-state index is 5.98. The Kier molecular flexibility index (Phi) is 5.63. The minimum absolute atomic E-state index is 0.362. The fourth-order valence-corrected chi connectivity index (χ4v) is 3.40. The van der Waals surface area contributed by atoms with Crippen LogP contribution in [0.15, 0.2) is 6.07 Å². The molecule has 1 heterocycles. The van der Waals surface area contributed by atoms with E-state index in [1.807, 2.05) is 11.3 Å². The summed E-state index contributed by atoms with van der Waals surface area (Å²) < 4.78 is 0. The first-order valence-electron chi connectivity index (χ1n) is 6.50. The van der Waals surface area contributed by atoms with Crippen LogP contribution >= 0.6 is 11.3 Å². The Hall–Kier alpha value is -0.380. The van der Waals surface area contributed by atoms with Crippen LogP contribution in [0, 0.1) is 13.8 Å². The van der Waals surface area contributed by atoms with E-state index >= 15 is 0 Å². The lowest BCUT2D eigenvalue weighted by Gasteiger charge is -2.32. The molecule has 0 aliphatic heterocycles. The van der Waals surface area contributed by atoms with Crippen molar-refractivity contribution in [1.29, 1.82) is 0 Å². The molecule has 98 valence electrons. The zero-order chi connectivity index (χ0) is 13.0. The topological polar surface area (TPSA) is 29.3 Å². The zero-order valence-corrected chi connectivity index (χ0v) is 12.6. The van der Waals surface area contributed by atoms with E-state index < -0.39 is 0 Å². The third kappa shape index (κ3) is 3.54. The highest BCUT2D eigenvalue weighted by Gasteiger charge is 2.22. The van der Waals surface area contributed by atoms with Crippen LogP contribution in [-0.4, -0.2) is 24.5 Å². The molecule has 0 spiro atoms. The highest BCUT2D eigenvalue weighted by Crippen LogP contribution is 2.30. The molecule has 17 heavy (non-hydrogen) atoms. The molecule has 2 atom stereocenters. The Labute approximate surface area is 110 Å². The largest absolute Gasteiger partial charge is 0.329 e. The maximum absolute atomic E-state index is 5.98. The Morgan fingerprint density at radius 2 is 2.06 bits per heavy atom. The van der Waals surface area contributed by atoms with Gasteiger partial charge in [0.25, 0.3) is 0 Å². The van der Waals surface area contributed by atoms with Crippen LogP contribution in [0.1, 0.15) is 48.0 Å². The van der Waals surface area contributed by atoms with E-state index in [4.69, 9.17) is 5.73 Å². The van der Waals surface area contributed by atoms with Gasteiger partial charge in [-0.2, -0.15) is 0 Å². The predicted octanol–water partition coefficient (Wildman–Crippen LogP) is 3.49. The Morgan fingerprint density at radius 3 is 2.47 bits per heavy atom. The van der Waals surface area contributed by atoms with Crippen molar-refractivity contribution in [2.75, 3.05) is 13.6 Å². The monoisotopic (exact) mass is 254 g/mol. The second-order valence-corrected chi connectivity index (χ2v) is 6.38. The molecule has 0 saturated carbocycles. The molecular formula is C14H26N2S. The van der Waals surface area contributed by atoms with Crippen molar-refractivity contribution in [3.05, 3.63) is 21.4 Å². The van der Waals surface area contributed by atoms with Gasteiger partial charge in [0, 0.05) is 28.4 Å². The van der Waals surface area contributed by atoms with Crippen molar-refractivity contribution in [3.63, 3.8) is 0 Å². The number of nitrogens with two attached hydrogens (primary N) is 1. The molecule has 0 fully saturated rings. The first kappa shape index (κ1) is 14.7. The van der Waals surface area contributed by atoms with Gasteiger partial charge in [-0.25, -0.2) is 0 Å². The molecule has 0 amide bonds. The van der Waals surface area contributed by atoms with E-state index in [9.17, 15) is 0 Å². The summed E-state index contributed by atoms with van der Waals surface area (Å²) in [6, 6.07) is 3.25. The summed E-state index contributed by atoms with van der Waals surface area (Å²) in [4.78, 5) is 5.22. The van der Waals surface area contributed by atoms with Crippen LogP contribution < -0.4 is 5.73 Å². The van der Waals surface area contributed by atoms with Crippen LogP contribution in [0.3, 0.4) is 0 Å². The summed E-state index contributed by atoms with van der Waals surface area (Å²) in [5, 5.41) is 0. The average molecular weight is 254 g/mol. The Balaban J connectivity index is 2.87. The van der Waals surface area contributed by atoms with Gasteiger partial charge in [0.05, 0.1) is 0 Å². The number of hydrogen-bond donors (Lipinski definition) is 1. The van der Waals surface area contributed by atoms with Crippen LogP contribution in [0.5, 0.6) is 0 Å². The van der Waals surface area contributed by atoms with Crippen molar-refractivity contribution in [1.82, 2.24) is 4.90 Å². The smallest absolute Gasteiger partial charge is 0.0481 e. The highest BCUT2D eigenvalue weighted by atomic mass is 32.1. The lowest BCUT2D eigenvalue weighted by molar-refractivity contribution is 0.179. The van der Waals surface area contributed by atoms with E-state index in [1.165, 1.54) is 28.2 Å². The molecule has 0 saturated heterocycles. The van der Waals surface area contributed by atoms with E-state index in [0.29, 0.717) is 18.6 Å². The second-order valence-electron chi connectivity index (χ2n) is 4.92. The van der Waals surface area contributed by atoms with Crippen molar-refractivity contribution in [2.45, 2.75) is 52.6 Å². The normalized spacial score (nSPS) is 15.2. The molecule has 1 rings (SSSR count). The summed E-state index contributed by atoms with van der Waals surface area (Å²) in [5.41, 5.74) is 7.40. The molecule has 0 radical (unpaired) electrons. The molecule has 2 unspecified atom stereocenters. The molecule has 0 aromatic carbocycles.